The van der Waals surface area contributed by atoms with Crippen LogP contribution in [0.15, 0.2) is 18.3 Å². The third-order valence-electron chi connectivity index (χ3n) is 6.62. The first kappa shape index (κ1) is 19.9. The summed E-state index contributed by atoms with van der Waals surface area (Å²) < 4.78 is 70.8. The summed E-state index contributed by atoms with van der Waals surface area (Å²) in [4.78, 5) is 15.9. The van der Waals surface area contributed by atoms with E-state index in [9.17, 15) is 13.9 Å². The molecule has 1 aromatic carbocycles. The van der Waals surface area contributed by atoms with E-state index in [0.29, 0.717) is 31.2 Å². The monoisotopic (exact) mass is 491 g/mol. The molecular weight excluding hydrogens is 461 g/mol. The van der Waals surface area contributed by atoms with Crippen molar-refractivity contribution in [2.45, 2.75) is 64.1 Å². The van der Waals surface area contributed by atoms with Gasteiger partial charge in [0.25, 0.3) is 6.43 Å². The molecule has 1 saturated carbocycles. The molecule has 11 heteroatoms. The fraction of sp³-hybridized carbons (Fsp3) is 0.458. The Bertz CT molecular complexity index is 1490. The van der Waals surface area contributed by atoms with Crippen LogP contribution in [-0.4, -0.2) is 54.7 Å². The fourth-order valence-electron chi connectivity index (χ4n) is 4.75. The normalized spacial score (nSPS) is 22.4. The minimum absolute atomic E-state index is 0.0300. The van der Waals surface area contributed by atoms with Gasteiger partial charge in [-0.05, 0) is 57.2 Å². The lowest BCUT2D eigenvalue weighted by Crippen LogP contribution is -2.36. The number of methoxy groups -OCH3 is 1. The van der Waals surface area contributed by atoms with E-state index in [1.807, 2.05) is 0 Å². The van der Waals surface area contributed by atoms with Crippen molar-refractivity contribution in [1.82, 2.24) is 24.5 Å². The molecule has 0 unspecified atom stereocenters. The van der Waals surface area contributed by atoms with Crippen LogP contribution in [-0.2, 0) is 6.54 Å². The largest absolute Gasteiger partial charge is 0.480 e. The van der Waals surface area contributed by atoms with Crippen molar-refractivity contribution >= 4 is 28.0 Å². The number of rotatable bonds is 6. The Morgan fingerprint density at radius 1 is 1.31 bits per heavy atom. The number of aromatic amines is 1. The lowest BCUT2D eigenvalue weighted by molar-refractivity contribution is 0.0195. The highest BCUT2D eigenvalue weighted by Crippen LogP contribution is 2.37. The molecule has 0 amide bonds. The van der Waals surface area contributed by atoms with Gasteiger partial charge in [-0.1, -0.05) is 0 Å². The number of hydrogen-bond acceptors (Lipinski definition) is 6. The van der Waals surface area contributed by atoms with Crippen molar-refractivity contribution in [1.29, 1.82) is 0 Å². The van der Waals surface area contributed by atoms with E-state index in [1.165, 1.54) is 29.8 Å². The van der Waals surface area contributed by atoms with E-state index < -0.39 is 31.4 Å². The number of anilines is 1. The average Bonchev–Trinajstić information content (AvgIpc) is 3.36. The van der Waals surface area contributed by atoms with Crippen LogP contribution in [0.25, 0.3) is 33.2 Å². The number of nitrogens with zero attached hydrogens (tertiary/aromatic N) is 4. The first-order chi connectivity index (χ1) is 17.8. The predicted octanol–water partition coefficient (Wildman–Crippen LogP) is 4.80. The van der Waals surface area contributed by atoms with Crippen LogP contribution in [0, 0.1) is 12.7 Å². The lowest BCUT2D eigenvalue weighted by atomic mass is 9.84. The molecule has 4 aromatic rings. The van der Waals surface area contributed by atoms with Gasteiger partial charge in [0, 0.05) is 17.8 Å². The summed E-state index contributed by atoms with van der Waals surface area (Å²) in [7, 11) is -2.83. The van der Waals surface area contributed by atoms with Gasteiger partial charge in [0.1, 0.15) is 17.0 Å². The van der Waals surface area contributed by atoms with Crippen molar-refractivity contribution in [3.8, 4) is 17.0 Å². The lowest BCUT2D eigenvalue weighted by Gasteiger charge is -2.33. The molecule has 0 spiro atoms. The second-order valence-electron chi connectivity index (χ2n) is 9.28. The molecule has 3 aromatic heterocycles. The third kappa shape index (κ3) is 4.40. The smallest absolute Gasteiger partial charge is 0.256 e. The van der Waals surface area contributed by atoms with E-state index in [1.54, 1.807) is 6.92 Å². The zero-order valence-corrected chi connectivity index (χ0v) is 19.2. The Morgan fingerprint density at radius 3 is 2.80 bits per heavy atom. The molecular formula is C24H27F3N6O2. The maximum absolute atomic E-state index is 15.1. The number of aryl methyl sites for hydroxylation is 1. The molecule has 3 heterocycles. The summed E-state index contributed by atoms with van der Waals surface area (Å²) in [5.74, 6) is -0.572. The molecule has 1 aliphatic rings. The van der Waals surface area contributed by atoms with Gasteiger partial charge in [-0.25, -0.2) is 18.2 Å². The number of aromatic nitrogens is 5. The summed E-state index contributed by atoms with van der Waals surface area (Å²) in [6.45, 7) is 2.66. The van der Waals surface area contributed by atoms with Crippen molar-refractivity contribution in [2.75, 3.05) is 12.4 Å². The number of imidazole rings is 1. The van der Waals surface area contributed by atoms with E-state index in [2.05, 4.69) is 25.3 Å². The summed E-state index contributed by atoms with van der Waals surface area (Å²) in [5, 5.41) is 13.6. The van der Waals surface area contributed by atoms with Crippen LogP contribution < -0.4 is 10.1 Å². The molecule has 0 saturated heterocycles. The average molecular weight is 492 g/mol. The van der Waals surface area contributed by atoms with Gasteiger partial charge in [-0.2, -0.15) is 9.97 Å². The minimum Gasteiger partial charge on any atom is -0.480 e. The number of fused-ring (bicyclic) bond motifs is 2. The first-order valence-electron chi connectivity index (χ1n) is 12.8. The van der Waals surface area contributed by atoms with Gasteiger partial charge in [-0.3, -0.25) is 0 Å². The van der Waals surface area contributed by atoms with E-state index >= 15 is 4.39 Å². The number of H-pyrrole nitrogens is 1. The molecule has 1 aliphatic carbocycles. The van der Waals surface area contributed by atoms with Crippen LogP contribution in [0.5, 0.6) is 5.88 Å². The zero-order chi connectivity index (χ0) is 27.4. The Morgan fingerprint density at radius 2 is 2.09 bits per heavy atom. The maximum atomic E-state index is 15.1. The second-order valence-corrected chi connectivity index (χ2v) is 9.28. The van der Waals surface area contributed by atoms with Crippen molar-refractivity contribution < 1.29 is 27.1 Å². The number of halogens is 3. The van der Waals surface area contributed by atoms with Gasteiger partial charge in [0.05, 0.1) is 34.2 Å². The SMILES string of the molecule is [2H]C([2H])([2H])Oc1nc(NC2CCC(C)(O)CC2)nc2[nH]cc(-c3cc(F)c4nc(C)n(CC(F)F)c4c3)c12. The molecule has 0 atom stereocenters. The van der Waals surface area contributed by atoms with E-state index in [4.69, 9.17) is 8.85 Å². The van der Waals surface area contributed by atoms with Crippen molar-refractivity contribution in [3.63, 3.8) is 0 Å². The molecule has 8 nitrogen and oxygen atoms in total. The predicted molar refractivity (Wildman–Crippen MR) is 126 cm³/mol. The summed E-state index contributed by atoms with van der Waals surface area (Å²) in [6.07, 6.45) is 1.37. The van der Waals surface area contributed by atoms with E-state index in [-0.39, 0.29) is 51.3 Å². The van der Waals surface area contributed by atoms with Crippen LogP contribution in [0.3, 0.4) is 0 Å². The van der Waals surface area contributed by atoms with Crippen LogP contribution >= 0.6 is 0 Å². The number of aliphatic hydroxyl groups is 1. The molecule has 186 valence electrons. The van der Waals surface area contributed by atoms with Crippen LogP contribution in [0.2, 0.25) is 0 Å². The standard InChI is InChI=1S/C24H27F3N6O2/c1-12-29-20-16(25)8-13(9-17(20)33(12)11-18(26)27)15-10-28-21-19(15)22(35-3)32-23(31-21)30-14-4-6-24(2,34)7-5-14/h8-10,14,18,34H,4-7,11H2,1-3H3,(H2,28,30,31,32)/i3D3. The van der Waals surface area contributed by atoms with Crippen molar-refractivity contribution in [2.24, 2.45) is 0 Å². The van der Waals surface area contributed by atoms with Gasteiger partial charge in [0.2, 0.25) is 11.8 Å². The summed E-state index contributed by atoms with van der Waals surface area (Å²) in [6, 6.07) is 2.68. The summed E-state index contributed by atoms with van der Waals surface area (Å²) in [5.41, 5.74) is 0.274. The van der Waals surface area contributed by atoms with Gasteiger partial charge in [0.15, 0.2) is 5.82 Å². The number of ether oxygens (including phenoxy) is 1. The Hall–Kier alpha value is -3.34. The van der Waals surface area contributed by atoms with Gasteiger partial charge >= 0.3 is 0 Å². The number of benzene rings is 1. The van der Waals surface area contributed by atoms with Crippen LogP contribution in [0.4, 0.5) is 19.1 Å². The molecule has 0 aliphatic heterocycles. The van der Waals surface area contributed by atoms with Gasteiger partial charge < -0.3 is 24.7 Å². The number of alkyl halides is 2. The minimum atomic E-state index is -2.83. The molecule has 0 bridgehead atoms. The fourth-order valence-corrected chi connectivity index (χ4v) is 4.75. The van der Waals surface area contributed by atoms with Gasteiger partial charge in [-0.15, -0.1) is 0 Å². The topological polar surface area (TPSA) is 101 Å². The summed E-state index contributed by atoms with van der Waals surface area (Å²) >= 11 is 0. The highest BCUT2D eigenvalue weighted by atomic mass is 19.3. The Balaban J connectivity index is 1.59. The number of hydrogen-bond donors (Lipinski definition) is 3. The molecule has 5 rings (SSSR count). The Labute approximate surface area is 203 Å². The first-order valence-corrected chi connectivity index (χ1v) is 11.3. The highest BCUT2D eigenvalue weighted by molar-refractivity contribution is 5.99. The third-order valence-corrected chi connectivity index (χ3v) is 6.62. The molecule has 3 N–H and O–H groups in total. The maximum Gasteiger partial charge on any atom is 0.256 e. The Kier molecular flexibility index (Phi) is 4.95. The highest BCUT2D eigenvalue weighted by Gasteiger charge is 2.29. The zero-order valence-electron chi connectivity index (χ0n) is 22.2. The quantitative estimate of drug-likeness (QED) is 0.358. The van der Waals surface area contributed by atoms with Crippen molar-refractivity contribution in [3.05, 3.63) is 30.0 Å². The number of nitrogens with one attached hydrogen (secondary N) is 2. The van der Waals surface area contributed by atoms with E-state index in [0.717, 1.165) is 0 Å². The molecule has 35 heavy (non-hydrogen) atoms. The molecule has 1 fully saturated rings. The molecule has 0 radical (unpaired) electrons. The van der Waals surface area contributed by atoms with Crippen LogP contribution in [0.1, 0.15) is 42.5 Å². The second kappa shape index (κ2) is 8.71.